The zero-order valence-electron chi connectivity index (χ0n) is 16.9. The van der Waals surface area contributed by atoms with Crippen LogP contribution in [0, 0.1) is 28.6 Å². The number of carbonyl (C=O) groups is 3. The molecule has 0 saturated heterocycles. The lowest BCUT2D eigenvalue weighted by Crippen LogP contribution is -2.52. The average molecular weight is 384 g/mol. The van der Waals surface area contributed by atoms with Crippen molar-refractivity contribution in [1.82, 2.24) is 0 Å². The van der Waals surface area contributed by atoms with Gasteiger partial charge >= 0.3 is 11.9 Å². The summed E-state index contributed by atoms with van der Waals surface area (Å²) in [5.41, 5.74) is 1.60. The van der Waals surface area contributed by atoms with Crippen LogP contribution < -0.4 is 0 Å². The maximum absolute atomic E-state index is 12.3. The molecule has 4 unspecified atom stereocenters. The molecule has 2 saturated carbocycles. The van der Waals surface area contributed by atoms with Gasteiger partial charge in [0.05, 0.1) is 11.1 Å². The Kier molecular flexibility index (Phi) is 4.98. The number of hydrogen-bond acceptors (Lipinski definition) is 3. The third-order valence-electron chi connectivity index (χ3n) is 7.61. The Morgan fingerprint density at radius 2 is 1.61 bits per heavy atom. The largest absolute Gasteiger partial charge is 0.478 e. The van der Waals surface area contributed by atoms with E-state index in [-0.39, 0.29) is 22.5 Å². The lowest BCUT2D eigenvalue weighted by Gasteiger charge is -2.54. The minimum atomic E-state index is -1.23. The Morgan fingerprint density at radius 3 is 2.11 bits per heavy atom. The Hall–Kier alpha value is -2.43. The molecular formula is C23H28O5. The molecule has 0 aromatic heterocycles. The van der Waals surface area contributed by atoms with Crippen molar-refractivity contribution < 1.29 is 24.6 Å². The van der Waals surface area contributed by atoms with Crippen molar-refractivity contribution in [2.75, 3.05) is 0 Å². The summed E-state index contributed by atoms with van der Waals surface area (Å²) in [5.74, 6) is -0.462. The second kappa shape index (κ2) is 6.87. The molecule has 1 spiro atoms. The van der Waals surface area contributed by atoms with E-state index in [1.807, 2.05) is 6.08 Å². The van der Waals surface area contributed by atoms with Crippen LogP contribution in [0.25, 0.3) is 0 Å². The van der Waals surface area contributed by atoms with Gasteiger partial charge in [-0.05, 0) is 67.1 Å². The first-order valence-corrected chi connectivity index (χ1v) is 9.80. The molecule has 150 valence electrons. The fourth-order valence-corrected chi connectivity index (χ4v) is 5.97. The first-order valence-electron chi connectivity index (χ1n) is 9.80. The molecule has 4 rings (SSSR count). The lowest BCUT2D eigenvalue weighted by atomic mass is 9.49. The third-order valence-corrected chi connectivity index (χ3v) is 7.61. The van der Waals surface area contributed by atoms with Gasteiger partial charge in [0.15, 0.2) is 5.78 Å². The number of ketones is 1. The number of benzene rings is 1. The van der Waals surface area contributed by atoms with Crippen molar-refractivity contribution in [3.05, 3.63) is 47.0 Å². The highest BCUT2D eigenvalue weighted by molar-refractivity contribution is 6.01. The van der Waals surface area contributed by atoms with Gasteiger partial charge in [-0.15, -0.1) is 0 Å². The molecule has 4 atom stereocenters. The quantitative estimate of drug-likeness (QED) is 0.773. The topological polar surface area (TPSA) is 91.7 Å². The molecule has 2 N–H and O–H groups in total. The van der Waals surface area contributed by atoms with E-state index in [1.165, 1.54) is 49.1 Å². The number of rotatable bonds is 2. The van der Waals surface area contributed by atoms with Gasteiger partial charge in [0.25, 0.3) is 0 Å². The molecule has 0 aliphatic heterocycles. The summed E-state index contributed by atoms with van der Waals surface area (Å²) in [6, 6.07) is 5.48. The number of carboxylic acids is 2. The summed E-state index contributed by atoms with van der Waals surface area (Å²) in [7, 11) is 0. The number of carbonyl (C=O) groups excluding carboxylic acids is 1. The van der Waals surface area contributed by atoms with E-state index in [0.29, 0.717) is 17.1 Å². The van der Waals surface area contributed by atoms with Gasteiger partial charge in [0.1, 0.15) is 0 Å². The SMILES string of the molecule is CC1=CC(=O)C2C(C)C13CCC(C3)C2(C)C.O=C(O)c1ccccc1C(=O)O. The normalized spacial score (nSPS) is 32.1. The Labute approximate surface area is 165 Å². The number of fused-ring (bicyclic) bond motifs is 2. The molecule has 0 amide bonds. The number of carboxylic acid groups (broad SMARTS) is 2. The van der Waals surface area contributed by atoms with Gasteiger partial charge in [-0.25, -0.2) is 9.59 Å². The summed E-state index contributed by atoms with van der Waals surface area (Å²) in [4.78, 5) is 33.2. The van der Waals surface area contributed by atoms with Crippen LogP contribution in [0.15, 0.2) is 35.9 Å². The fourth-order valence-electron chi connectivity index (χ4n) is 5.97. The standard InChI is InChI=1S/C15H22O.C8H6O4/c1-9-7-12(16)13-10(2)15(9)6-5-11(8-15)14(13,3)4;9-7(10)5-3-1-2-4-6(5)8(11)12/h7,10-11,13H,5-6,8H2,1-4H3;1-4H,(H,9,10)(H,11,12). The van der Waals surface area contributed by atoms with Gasteiger partial charge in [-0.1, -0.05) is 38.5 Å². The van der Waals surface area contributed by atoms with E-state index in [2.05, 4.69) is 27.7 Å². The van der Waals surface area contributed by atoms with E-state index in [9.17, 15) is 14.4 Å². The molecule has 28 heavy (non-hydrogen) atoms. The molecule has 5 heteroatoms. The lowest BCUT2D eigenvalue weighted by molar-refractivity contribution is -0.133. The molecule has 1 aromatic rings. The maximum atomic E-state index is 12.3. The van der Waals surface area contributed by atoms with Crippen LogP contribution >= 0.6 is 0 Å². The van der Waals surface area contributed by atoms with Gasteiger partial charge in [0, 0.05) is 5.92 Å². The Bertz CT molecular complexity index is 832. The van der Waals surface area contributed by atoms with Crippen LogP contribution in [0.1, 0.15) is 67.7 Å². The van der Waals surface area contributed by atoms with Crippen molar-refractivity contribution in [3.8, 4) is 0 Å². The predicted molar refractivity (Wildman–Crippen MR) is 105 cm³/mol. The highest BCUT2D eigenvalue weighted by Crippen LogP contribution is 2.67. The highest BCUT2D eigenvalue weighted by Gasteiger charge is 2.62. The van der Waals surface area contributed by atoms with Crippen molar-refractivity contribution in [1.29, 1.82) is 0 Å². The molecular weight excluding hydrogens is 356 g/mol. The van der Waals surface area contributed by atoms with Crippen LogP contribution in [0.3, 0.4) is 0 Å². The fraction of sp³-hybridized carbons (Fsp3) is 0.522. The van der Waals surface area contributed by atoms with E-state index in [4.69, 9.17) is 10.2 Å². The zero-order valence-corrected chi connectivity index (χ0v) is 16.9. The second-order valence-corrected chi connectivity index (χ2v) is 9.07. The molecule has 1 aromatic carbocycles. The van der Waals surface area contributed by atoms with E-state index < -0.39 is 11.9 Å². The first kappa shape index (κ1) is 20.3. The minimum Gasteiger partial charge on any atom is -0.478 e. The second-order valence-electron chi connectivity index (χ2n) is 9.07. The van der Waals surface area contributed by atoms with Gasteiger partial charge in [0.2, 0.25) is 0 Å². The molecule has 5 nitrogen and oxygen atoms in total. The van der Waals surface area contributed by atoms with Crippen LogP contribution in [-0.2, 0) is 4.79 Å². The van der Waals surface area contributed by atoms with Crippen molar-refractivity contribution >= 4 is 17.7 Å². The summed E-state index contributed by atoms with van der Waals surface area (Å²) in [5, 5.41) is 17.1. The highest BCUT2D eigenvalue weighted by atomic mass is 16.4. The summed E-state index contributed by atoms with van der Waals surface area (Å²) in [6.07, 6.45) is 5.93. The molecule has 0 heterocycles. The Balaban J connectivity index is 0.000000169. The molecule has 0 radical (unpaired) electrons. The predicted octanol–water partition coefficient (Wildman–Crippen LogP) is 4.68. The summed E-state index contributed by atoms with van der Waals surface area (Å²) < 4.78 is 0. The molecule has 3 aliphatic carbocycles. The van der Waals surface area contributed by atoms with E-state index >= 15 is 0 Å². The monoisotopic (exact) mass is 384 g/mol. The van der Waals surface area contributed by atoms with Crippen LogP contribution in [-0.4, -0.2) is 27.9 Å². The van der Waals surface area contributed by atoms with Gasteiger partial charge in [-0.2, -0.15) is 0 Å². The number of hydrogen-bond donors (Lipinski definition) is 2. The van der Waals surface area contributed by atoms with E-state index in [1.54, 1.807) is 0 Å². The van der Waals surface area contributed by atoms with E-state index in [0.717, 1.165) is 5.92 Å². The van der Waals surface area contributed by atoms with Crippen LogP contribution in [0.2, 0.25) is 0 Å². The first-order chi connectivity index (χ1) is 13.0. The maximum Gasteiger partial charge on any atom is 0.336 e. The van der Waals surface area contributed by atoms with Gasteiger partial charge in [-0.3, -0.25) is 4.79 Å². The van der Waals surface area contributed by atoms with Crippen molar-refractivity contribution in [2.24, 2.45) is 28.6 Å². The van der Waals surface area contributed by atoms with Crippen LogP contribution in [0.5, 0.6) is 0 Å². The van der Waals surface area contributed by atoms with Gasteiger partial charge < -0.3 is 10.2 Å². The summed E-state index contributed by atoms with van der Waals surface area (Å²) >= 11 is 0. The number of allylic oxidation sites excluding steroid dienone is 2. The smallest absolute Gasteiger partial charge is 0.336 e. The van der Waals surface area contributed by atoms with Crippen LogP contribution in [0.4, 0.5) is 0 Å². The Morgan fingerprint density at radius 1 is 1.07 bits per heavy atom. The zero-order chi connectivity index (χ0) is 20.9. The molecule has 2 fully saturated rings. The number of aromatic carboxylic acids is 2. The van der Waals surface area contributed by atoms with Crippen molar-refractivity contribution in [3.63, 3.8) is 0 Å². The third kappa shape index (κ3) is 2.97. The molecule has 3 aliphatic rings. The molecule has 3 bridgehead atoms. The average Bonchev–Trinajstić information content (AvgIpc) is 3.05. The summed E-state index contributed by atoms with van der Waals surface area (Å²) in [6.45, 7) is 9.15. The minimum absolute atomic E-state index is 0.190. The van der Waals surface area contributed by atoms with Crippen molar-refractivity contribution in [2.45, 2.75) is 47.0 Å².